The van der Waals surface area contributed by atoms with Crippen LogP contribution in [0.3, 0.4) is 0 Å². The molecule has 0 fully saturated rings. The lowest BCUT2D eigenvalue weighted by atomic mass is 10.0. The van der Waals surface area contributed by atoms with E-state index in [1.165, 1.54) is 6.07 Å². The SMILES string of the molecule is CCNC(=O)Nc1ccc(-c2sc(N(Cc3c(F)cccc3F)C(=O)OCC)c(C(=O)O)c2CN(C)Cc2ccccn2)cc1. The summed E-state index contributed by atoms with van der Waals surface area (Å²) in [6.07, 6.45) is 0.709. The number of halogens is 2. The van der Waals surface area contributed by atoms with Crippen molar-refractivity contribution < 1.29 is 33.0 Å². The third-order valence-corrected chi connectivity index (χ3v) is 7.95. The van der Waals surface area contributed by atoms with Crippen LogP contribution in [0.4, 0.5) is 29.1 Å². The van der Waals surface area contributed by atoms with Gasteiger partial charge in [0.05, 0.1) is 24.4 Å². The lowest BCUT2D eigenvalue weighted by Gasteiger charge is -2.22. The average molecular weight is 638 g/mol. The minimum atomic E-state index is -1.33. The Morgan fingerprint density at radius 2 is 1.64 bits per heavy atom. The fourth-order valence-corrected chi connectivity index (χ4v) is 5.94. The number of pyridine rings is 1. The summed E-state index contributed by atoms with van der Waals surface area (Å²) >= 11 is 0.994. The quantitative estimate of drug-likeness (QED) is 0.158. The predicted octanol–water partition coefficient (Wildman–Crippen LogP) is 6.72. The van der Waals surface area contributed by atoms with E-state index in [0.29, 0.717) is 34.8 Å². The van der Waals surface area contributed by atoms with Gasteiger partial charge < -0.3 is 20.5 Å². The third kappa shape index (κ3) is 8.19. The number of nitrogens with zero attached hydrogens (tertiary/aromatic N) is 3. The molecule has 0 spiro atoms. The summed E-state index contributed by atoms with van der Waals surface area (Å²) in [7, 11) is 1.80. The molecule has 3 N–H and O–H groups in total. The number of benzene rings is 2. The van der Waals surface area contributed by atoms with Gasteiger partial charge in [0, 0.05) is 47.5 Å². The summed E-state index contributed by atoms with van der Waals surface area (Å²) in [5.41, 5.74) is 1.66. The van der Waals surface area contributed by atoms with Crippen molar-refractivity contribution in [3.8, 4) is 10.4 Å². The van der Waals surface area contributed by atoms with E-state index >= 15 is 0 Å². The number of rotatable bonds is 12. The molecule has 2 aromatic heterocycles. The van der Waals surface area contributed by atoms with E-state index in [0.717, 1.165) is 34.1 Å². The second-order valence-corrected chi connectivity index (χ2v) is 10.9. The smallest absolute Gasteiger partial charge is 0.415 e. The van der Waals surface area contributed by atoms with Crippen molar-refractivity contribution in [3.05, 3.63) is 101 Å². The third-order valence-electron chi connectivity index (χ3n) is 6.64. The number of ether oxygens (including phenoxy) is 1. The number of urea groups is 1. The van der Waals surface area contributed by atoms with Gasteiger partial charge in [0.25, 0.3) is 0 Å². The van der Waals surface area contributed by atoms with Crippen LogP contribution in [0.1, 0.15) is 41.0 Å². The topological polar surface area (TPSA) is 124 Å². The molecule has 236 valence electrons. The summed E-state index contributed by atoms with van der Waals surface area (Å²) in [4.78, 5) is 45.9. The van der Waals surface area contributed by atoms with E-state index < -0.39 is 35.8 Å². The van der Waals surface area contributed by atoms with Crippen molar-refractivity contribution in [2.75, 3.05) is 30.4 Å². The van der Waals surface area contributed by atoms with E-state index in [1.54, 1.807) is 57.4 Å². The summed E-state index contributed by atoms with van der Waals surface area (Å²) in [5.74, 6) is -3.10. The number of carbonyl (C=O) groups is 3. The van der Waals surface area contributed by atoms with Crippen LogP contribution in [0.25, 0.3) is 10.4 Å². The van der Waals surface area contributed by atoms with Crippen LogP contribution in [-0.2, 0) is 24.4 Å². The number of aromatic nitrogens is 1. The van der Waals surface area contributed by atoms with Gasteiger partial charge in [-0.1, -0.05) is 24.3 Å². The lowest BCUT2D eigenvalue weighted by Crippen LogP contribution is -2.32. The van der Waals surface area contributed by atoms with Crippen LogP contribution in [0.2, 0.25) is 0 Å². The van der Waals surface area contributed by atoms with Gasteiger partial charge >= 0.3 is 18.1 Å². The van der Waals surface area contributed by atoms with Crippen molar-refractivity contribution in [2.45, 2.75) is 33.5 Å². The first-order valence-electron chi connectivity index (χ1n) is 14.1. The fourth-order valence-electron chi connectivity index (χ4n) is 4.64. The molecule has 0 aliphatic carbocycles. The number of aromatic carboxylic acids is 1. The van der Waals surface area contributed by atoms with Crippen LogP contribution < -0.4 is 15.5 Å². The molecule has 4 aromatic rings. The van der Waals surface area contributed by atoms with Crippen molar-refractivity contribution in [1.82, 2.24) is 15.2 Å². The number of hydrogen-bond acceptors (Lipinski definition) is 7. The number of carboxylic acid groups (broad SMARTS) is 1. The second kappa shape index (κ2) is 15.2. The molecule has 0 saturated carbocycles. The number of hydrogen-bond donors (Lipinski definition) is 3. The molecular weight excluding hydrogens is 604 g/mol. The molecule has 10 nitrogen and oxygen atoms in total. The van der Waals surface area contributed by atoms with Gasteiger partial charge in [0.1, 0.15) is 16.6 Å². The first kappa shape index (κ1) is 33.0. The minimum Gasteiger partial charge on any atom is -0.478 e. The summed E-state index contributed by atoms with van der Waals surface area (Å²) < 4.78 is 34.7. The number of carbonyl (C=O) groups excluding carboxylic acids is 2. The van der Waals surface area contributed by atoms with Gasteiger partial charge in [0.15, 0.2) is 0 Å². The van der Waals surface area contributed by atoms with Crippen LogP contribution in [0, 0.1) is 11.6 Å². The molecule has 0 bridgehead atoms. The molecule has 0 unspecified atom stereocenters. The molecule has 3 amide bonds. The molecule has 0 radical (unpaired) electrons. The van der Waals surface area contributed by atoms with E-state index in [-0.39, 0.29) is 29.7 Å². The second-order valence-electron chi connectivity index (χ2n) is 9.94. The van der Waals surface area contributed by atoms with Gasteiger partial charge in [-0.05, 0) is 62.9 Å². The molecule has 2 aromatic carbocycles. The van der Waals surface area contributed by atoms with Crippen LogP contribution in [0.5, 0.6) is 0 Å². The van der Waals surface area contributed by atoms with Gasteiger partial charge in [-0.2, -0.15) is 0 Å². The van der Waals surface area contributed by atoms with Crippen molar-refractivity contribution >= 4 is 40.1 Å². The predicted molar refractivity (Wildman–Crippen MR) is 168 cm³/mol. The highest BCUT2D eigenvalue weighted by Crippen LogP contribution is 2.44. The normalized spacial score (nSPS) is 10.9. The lowest BCUT2D eigenvalue weighted by molar-refractivity contribution is 0.0696. The Morgan fingerprint density at radius 1 is 0.933 bits per heavy atom. The number of carboxylic acids is 1. The standard InChI is InChI=1S/C32H33F2N5O5S/c1-4-35-31(42)37-21-14-12-20(13-15-21)28-24(18-38(3)17-22-9-6-7-16-36-22)27(30(40)41)29(45-28)39(32(43)44-5-2)19-23-25(33)10-8-11-26(23)34/h6-16H,4-5,17-19H2,1-3H3,(H,40,41)(H2,35,37,42). The minimum absolute atomic E-state index is 0.0376. The van der Waals surface area contributed by atoms with Gasteiger partial charge in [-0.25, -0.2) is 23.2 Å². The van der Waals surface area contributed by atoms with E-state index in [2.05, 4.69) is 15.6 Å². The van der Waals surface area contributed by atoms with Crippen molar-refractivity contribution in [3.63, 3.8) is 0 Å². The van der Waals surface area contributed by atoms with Gasteiger partial charge in [-0.3, -0.25) is 14.8 Å². The first-order chi connectivity index (χ1) is 21.6. The molecule has 0 aliphatic rings. The van der Waals surface area contributed by atoms with Crippen LogP contribution in [0.15, 0.2) is 66.9 Å². The maximum absolute atomic E-state index is 14.8. The zero-order valence-corrected chi connectivity index (χ0v) is 25.8. The van der Waals surface area contributed by atoms with E-state index in [9.17, 15) is 28.3 Å². The Balaban J connectivity index is 1.85. The Hall–Kier alpha value is -4.88. The van der Waals surface area contributed by atoms with Crippen molar-refractivity contribution in [2.24, 2.45) is 0 Å². The zero-order valence-electron chi connectivity index (χ0n) is 25.0. The van der Waals surface area contributed by atoms with Crippen molar-refractivity contribution in [1.29, 1.82) is 0 Å². The maximum Gasteiger partial charge on any atom is 0.415 e. The highest BCUT2D eigenvalue weighted by atomic mass is 32.1. The molecule has 2 heterocycles. The maximum atomic E-state index is 14.8. The molecule has 0 aliphatic heterocycles. The summed E-state index contributed by atoms with van der Waals surface area (Å²) in [6, 6.07) is 15.2. The zero-order chi connectivity index (χ0) is 32.5. The average Bonchev–Trinajstić information content (AvgIpc) is 3.36. The molecule has 45 heavy (non-hydrogen) atoms. The number of anilines is 2. The summed E-state index contributed by atoms with van der Waals surface area (Å²) in [6.45, 7) is 3.69. The van der Waals surface area contributed by atoms with Crippen LogP contribution in [-0.4, -0.2) is 53.3 Å². The van der Waals surface area contributed by atoms with E-state index in [1.807, 2.05) is 17.0 Å². The Kier molecular flexibility index (Phi) is 11.2. The largest absolute Gasteiger partial charge is 0.478 e. The van der Waals surface area contributed by atoms with Crippen LogP contribution >= 0.6 is 11.3 Å². The molecular formula is C32H33F2N5O5S. The highest BCUT2D eigenvalue weighted by Gasteiger charge is 2.32. The Labute approximate surface area is 263 Å². The Bertz CT molecular complexity index is 1630. The molecule has 4 rings (SSSR count). The number of thiophene rings is 1. The van der Waals surface area contributed by atoms with Gasteiger partial charge in [0.2, 0.25) is 0 Å². The molecule has 0 atom stereocenters. The van der Waals surface area contributed by atoms with Gasteiger partial charge in [-0.15, -0.1) is 11.3 Å². The number of nitrogens with one attached hydrogen (secondary N) is 2. The first-order valence-corrected chi connectivity index (χ1v) is 14.9. The molecule has 0 saturated heterocycles. The monoisotopic (exact) mass is 637 g/mol. The summed E-state index contributed by atoms with van der Waals surface area (Å²) in [5, 5.41) is 15.9. The van der Waals surface area contributed by atoms with E-state index in [4.69, 9.17) is 4.74 Å². The fraction of sp³-hybridized carbons (Fsp3) is 0.250. The number of amides is 3. The molecule has 13 heteroatoms. The Morgan fingerprint density at radius 3 is 2.24 bits per heavy atom. The highest BCUT2D eigenvalue weighted by molar-refractivity contribution is 7.20.